The third kappa shape index (κ3) is 3.72. The topological polar surface area (TPSA) is 62.2 Å². The summed E-state index contributed by atoms with van der Waals surface area (Å²) in [5.41, 5.74) is -0.907. The number of nitrogens with zero attached hydrogens (tertiary/aromatic N) is 1. The van der Waals surface area contributed by atoms with E-state index in [0.29, 0.717) is 4.47 Å². The summed E-state index contributed by atoms with van der Waals surface area (Å²) in [7, 11) is 0. The molecular formula is C13H8BrF3N2O2. The minimum atomic E-state index is -4.51. The average Bonchev–Trinajstić information content (AvgIpc) is 2.40. The van der Waals surface area contributed by atoms with Gasteiger partial charge in [-0.3, -0.25) is 0 Å². The Hall–Kier alpha value is -2.09. The molecule has 0 saturated heterocycles. The van der Waals surface area contributed by atoms with Gasteiger partial charge in [-0.25, -0.2) is 9.78 Å². The highest BCUT2D eigenvalue weighted by atomic mass is 79.9. The van der Waals surface area contributed by atoms with Crippen molar-refractivity contribution in [3.05, 3.63) is 52.3 Å². The molecule has 0 aliphatic carbocycles. The summed E-state index contributed by atoms with van der Waals surface area (Å²) in [5, 5.41) is 11.3. The van der Waals surface area contributed by atoms with Crippen molar-refractivity contribution in [3.8, 4) is 0 Å². The SMILES string of the molecule is O=C(O)c1ccc(Nc2ccc(Br)cc2C(F)(F)F)cn1. The van der Waals surface area contributed by atoms with Gasteiger partial charge in [0.05, 0.1) is 23.1 Å². The third-order valence-corrected chi connectivity index (χ3v) is 3.04. The van der Waals surface area contributed by atoms with Gasteiger partial charge in [-0.1, -0.05) is 15.9 Å². The Morgan fingerprint density at radius 2 is 1.95 bits per heavy atom. The van der Waals surface area contributed by atoms with E-state index in [1.165, 1.54) is 24.3 Å². The molecule has 0 aliphatic rings. The average molecular weight is 361 g/mol. The molecule has 0 saturated carbocycles. The van der Waals surface area contributed by atoms with Crippen molar-refractivity contribution in [1.29, 1.82) is 0 Å². The molecule has 0 radical (unpaired) electrons. The van der Waals surface area contributed by atoms with Gasteiger partial charge in [0.25, 0.3) is 0 Å². The van der Waals surface area contributed by atoms with Gasteiger partial charge in [-0.15, -0.1) is 0 Å². The number of anilines is 2. The monoisotopic (exact) mass is 360 g/mol. The largest absolute Gasteiger partial charge is 0.477 e. The molecule has 0 aliphatic heterocycles. The molecule has 1 aromatic heterocycles. The van der Waals surface area contributed by atoms with Gasteiger partial charge in [0.2, 0.25) is 0 Å². The van der Waals surface area contributed by atoms with Crippen LogP contribution in [-0.4, -0.2) is 16.1 Å². The zero-order chi connectivity index (χ0) is 15.6. The number of alkyl halides is 3. The zero-order valence-corrected chi connectivity index (χ0v) is 11.9. The van der Waals surface area contributed by atoms with Crippen LogP contribution in [0.25, 0.3) is 0 Å². The van der Waals surface area contributed by atoms with Crippen LogP contribution in [-0.2, 0) is 6.18 Å². The van der Waals surface area contributed by atoms with Crippen molar-refractivity contribution in [1.82, 2.24) is 4.98 Å². The molecule has 0 spiro atoms. The number of pyridine rings is 1. The maximum Gasteiger partial charge on any atom is 0.418 e. The van der Waals surface area contributed by atoms with Gasteiger partial charge in [0, 0.05) is 4.47 Å². The second kappa shape index (κ2) is 5.72. The van der Waals surface area contributed by atoms with E-state index in [4.69, 9.17) is 5.11 Å². The molecule has 2 rings (SSSR count). The maximum absolute atomic E-state index is 12.9. The first-order valence-electron chi connectivity index (χ1n) is 5.60. The van der Waals surface area contributed by atoms with E-state index in [9.17, 15) is 18.0 Å². The van der Waals surface area contributed by atoms with E-state index in [1.54, 1.807) is 0 Å². The van der Waals surface area contributed by atoms with Crippen LogP contribution in [0.15, 0.2) is 41.0 Å². The molecule has 0 atom stereocenters. The van der Waals surface area contributed by atoms with E-state index >= 15 is 0 Å². The molecule has 2 aromatic rings. The molecule has 8 heteroatoms. The molecule has 0 bridgehead atoms. The van der Waals surface area contributed by atoms with Crippen LogP contribution in [0.2, 0.25) is 0 Å². The van der Waals surface area contributed by atoms with Crippen molar-refractivity contribution in [2.45, 2.75) is 6.18 Å². The first kappa shape index (κ1) is 15.3. The number of halogens is 4. The summed E-state index contributed by atoms with van der Waals surface area (Å²) in [6.45, 7) is 0. The lowest BCUT2D eigenvalue weighted by atomic mass is 10.1. The molecular weight excluding hydrogens is 353 g/mol. The first-order chi connectivity index (χ1) is 9.77. The number of rotatable bonds is 3. The van der Waals surface area contributed by atoms with Gasteiger partial charge >= 0.3 is 12.1 Å². The van der Waals surface area contributed by atoms with Crippen LogP contribution >= 0.6 is 15.9 Å². The van der Waals surface area contributed by atoms with E-state index in [2.05, 4.69) is 26.2 Å². The number of benzene rings is 1. The van der Waals surface area contributed by atoms with Crippen molar-refractivity contribution in [2.24, 2.45) is 0 Å². The van der Waals surface area contributed by atoms with Gasteiger partial charge in [-0.2, -0.15) is 13.2 Å². The van der Waals surface area contributed by atoms with Crippen LogP contribution in [0.4, 0.5) is 24.5 Å². The van der Waals surface area contributed by atoms with Crippen LogP contribution in [0, 0.1) is 0 Å². The summed E-state index contributed by atoms with van der Waals surface area (Å²) in [6.07, 6.45) is -3.35. The van der Waals surface area contributed by atoms with Crippen LogP contribution in [0.3, 0.4) is 0 Å². The summed E-state index contributed by atoms with van der Waals surface area (Å²) >= 11 is 2.99. The lowest BCUT2D eigenvalue weighted by Gasteiger charge is -2.15. The van der Waals surface area contributed by atoms with Crippen molar-refractivity contribution in [3.63, 3.8) is 0 Å². The van der Waals surface area contributed by atoms with Gasteiger partial charge in [-0.05, 0) is 30.3 Å². The second-order valence-corrected chi connectivity index (χ2v) is 4.97. The molecule has 0 amide bonds. The number of carboxylic acids is 1. The fourth-order valence-corrected chi connectivity index (χ4v) is 1.97. The molecule has 0 fully saturated rings. The predicted molar refractivity (Wildman–Crippen MR) is 73.6 cm³/mol. The molecule has 110 valence electrons. The van der Waals surface area contributed by atoms with Crippen molar-refractivity contribution < 1.29 is 23.1 Å². The standard InChI is InChI=1S/C13H8BrF3N2O2/c14-7-1-3-10(9(5-7)13(15,16)17)19-8-2-4-11(12(20)21)18-6-8/h1-6,19H,(H,20,21). The van der Waals surface area contributed by atoms with Gasteiger partial charge in [0.1, 0.15) is 5.69 Å². The summed E-state index contributed by atoms with van der Waals surface area (Å²) in [6, 6.07) is 6.26. The Balaban J connectivity index is 2.33. The lowest BCUT2D eigenvalue weighted by Crippen LogP contribution is -2.09. The number of hydrogen-bond donors (Lipinski definition) is 2. The minimum Gasteiger partial charge on any atom is -0.477 e. The van der Waals surface area contributed by atoms with Crippen LogP contribution in [0.1, 0.15) is 16.1 Å². The number of carboxylic acid groups (broad SMARTS) is 1. The number of nitrogens with one attached hydrogen (secondary N) is 1. The first-order valence-corrected chi connectivity index (χ1v) is 6.40. The quantitative estimate of drug-likeness (QED) is 0.856. The van der Waals surface area contributed by atoms with E-state index in [1.807, 2.05) is 0 Å². The second-order valence-electron chi connectivity index (χ2n) is 4.05. The minimum absolute atomic E-state index is 0.143. The Labute approximate surface area is 125 Å². The molecule has 1 aromatic carbocycles. The van der Waals surface area contributed by atoms with E-state index < -0.39 is 17.7 Å². The highest BCUT2D eigenvalue weighted by Crippen LogP contribution is 2.37. The highest BCUT2D eigenvalue weighted by Gasteiger charge is 2.33. The number of carbonyl (C=O) groups is 1. The van der Waals surface area contributed by atoms with E-state index in [0.717, 1.165) is 12.3 Å². The number of aromatic nitrogens is 1. The molecule has 0 unspecified atom stereocenters. The zero-order valence-electron chi connectivity index (χ0n) is 10.3. The van der Waals surface area contributed by atoms with Crippen molar-refractivity contribution in [2.75, 3.05) is 5.32 Å². The Bertz CT molecular complexity index is 672. The predicted octanol–water partition coefficient (Wildman–Crippen LogP) is 4.30. The maximum atomic E-state index is 12.9. The molecule has 21 heavy (non-hydrogen) atoms. The highest BCUT2D eigenvalue weighted by molar-refractivity contribution is 9.10. The lowest BCUT2D eigenvalue weighted by molar-refractivity contribution is -0.137. The molecule has 4 nitrogen and oxygen atoms in total. The fraction of sp³-hybridized carbons (Fsp3) is 0.0769. The molecule has 1 heterocycles. The summed E-state index contributed by atoms with van der Waals surface area (Å²) < 4.78 is 39.1. The normalized spacial score (nSPS) is 11.2. The van der Waals surface area contributed by atoms with Gasteiger partial charge < -0.3 is 10.4 Å². The summed E-state index contributed by atoms with van der Waals surface area (Å²) in [4.78, 5) is 14.3. The number of hydrogen-bond acceptors (Lipinski definition) is 3. The summed E-state index contributed by atoms with van der Waals surface area (Å²) in [5.74, 6) is -1.21. The number of aromatic carboxylic acids is 1. The van der Waals surface area contributed by atoms with Crippen LogP contribution < -0.4 is 5.32 Å². The van der Waals surface area contributed by atoms with Crippen LogP contribution in [0.5, 0.6) is 0 Å². The smallest absolute Gasteiger partial charge is 0.418 e. The Morgan fingerprint density at radius 1 is 1.24 bits per heavy atom. The van der Waals surface area contributed by atoms with Crippen molar-refractivity contribution >= 4 is 33.3 Å². The third-order valence-electron chi connectivity index (χ3n) is 2.55. The Morgan fingerprint density at radius 3 is 2.48 bits per heavy atom. The van der Waals surface area contributed by atoms with Gasteiger partial charge in [0.15, 0.2) is 0 Å². The van der Waals surface area contributed by atoms with E-state index in [-0.39, 0.29) is 17.1 Å². The Kier molecular flexibility index (Phi) is 4.17. The fourth-order valence-electron chi connectivity index (χ4n) is 1.61. The molecule has 2 N–H and O–H groups in total.